The van der Waals surface area contributed by atoms with Crippen molar-refractivity contribution in [2.24, 2.45) is 7.05 Å². The number of hydrogen-bond donors (Lipinski definition) is 1. The number of nitrogens with zero attached hydrogens (tertiary/aromatic N) is 3. The molecule has 6 heteroatoms. The van der Waals surface area contributed by atoms with Crippen LogP contribution in [0.3, 0.4) is 0 Å². The Morgan fingerprint density at radius 3 is 2.89 bits per heavy atom. The first-order valence-corrected chi connectivity index (χ1v) is 5.67. The summed E-state index contributed by atoms with van der Waals surface area (Å²) in [6.45, 7) is 4.47. The summed E-state index contributed by atoms with van der Waals surface area (Å²) in [5, 5.41) is 10.3. The summed E-state index contributed by atoms with van der Waals surface area (Å²) in [5.41, 5.74) is 0.0502. The van der Waals surface area contributed by atoms with Crippen molar-refractivity contribution in [3.8, 4) is 0 Å². The van der Waals surface area contributed by atoms with Crippen LogP contribution in [0.25, 0.3) is 0 Å². The molecule has 0 aliphatic carbocycles. The SMILES string of the molecule is Cn1cc(C(=O)NCC(C)(C)c2ccco2)nn1. The van der Waals surface area contributed by atoms with E-state index in [4.69, 9.17) is 4.42 Å². The monoisotopic (exact) mass is 248 g/mol. The third-order valence-corrected chi connectivity index (χ3v) is 2.71. The van der Waals surface area contributed by atoms with Gasteiger partial charge in [0.1, 0.15) is 5.76 Å². The molecule has 1 N–H and O–H groups in total. The van der Waals surface area contributed by atoms with Crippen LogP contribution in [0.15, 0.2) is 29.0 Å². The zero-order valence-corrected chi connectivity index (χ0v) is 10.7. The molecular formula is C12H16N4O2. The number of hydrogen-bond acceptors (Lipinski definition) is 4. The van der Waals surface area contributed by atoms with Gasteiger partial charge in [0.2, 0.25) is 0 Å². The van der Waals surface area contributed by atoms with Gasteiger partial charge in [-0.15, -0.1) is 5.10 Å². The molecule has 1 amide bonds. The lowest BCUT2D eigenvalue weighted by Gasteiger charge is -2.22. The van der Waals surface area contributed by atoms with E-state index in [9.17, 15) is 4.79 Å². The predicted molar refractivity (Wildman–Crippen MR) is 65.1 cm³/mol. The summed E-state index contributed by atoms with van der Waals surface area (Å²) in [4.78, 5) is 11.8. The quantitative estimate of drug-likeness (QED) is 0.879. The predicted octanol–water partition coefficient (Wildman–Crippen LogP) is 1.12. The summed E-state index contributed by atoms with van der Waals surface area (Å²) in [6.07, 6.45) is 3.21. The Kier molecular flexibility index (Phi) is 3.18. The van der Waals surface area contributed by atoms with Crippen LogP contribution in [0.4, 0.5) is 0 Å². The minimum Gasteiger partial charge on any atom is -0.469 e. The number of amides is 1. The molecule has 2 aromatic heterocycles. The first-order chi connectivity index (χ1) is 8.49. The second kappa shape index (κ2) is 4.64. The molecule has 0 bridgehead atoms. The van der Waals surface area contributed by atoms with Crippen LogP contribution in [-0.2, 0) is 12.5 Å². The molecule has 0 spiro atoms. The molecule has 0 aliphatic heterocycles. The zero-order chi connectivity index (χ0) is 13.2. The Morgan fingerprint density at radius 2 is 2.33 bits per heavy atom. The van der Waals surface area contributed by atoms with E-state index in [0.29, 0.717) is 12.2 Å². The molecule has 0 unspecified atom stereocenters. The fourth-order valence-corrected chi connectivity index (χ4v) is 1.59. The standard InChI is InChI=1S/C12H16N4O2/c1-12(2,10-5-4-6-18-10)8-13-11(17)9-7-16(3)15-14-9/h4-7H,8H2,1-3H3,(H,13,17). The molecule has 6 nitrogen and oxygen atoms in total. The van der Waals surface area contributed by atoms with Gasteiger partial charge in [-0.25, -0.2) is 0 Å². The van der Waals surface area contributed by atoms with Crippen molar-refractivity contribution in [1.29, 1.82) is 0 Å². The van der Waals surface area contributed by atoms with E-state index in [1.165, 1.54) is 4.68 Å². The van der Waals surface area contributed by atoms with Crippen molar-refractivity contribution in [3.05, 3.63) is 36.0 Å². The van der Waals surface area contributed by atoms with Gasteiger partial charge in [0.05, 0.1) is 12.5 Å². The van der Waals surface area contributed by atoms with Crippen LogP contribution in [0.1, 0.15) is 30.1 Å². The third kappa shape index (κ3) is 2.58. The number of aryl methyl sites for hydroxylation is 1. The normalized spacial score (nSPS) is 11.5. The van der Waals surface area contributed by atoms with E-state index < -0.39 is 0 Å². The molecule has 0 aromatic carbocycles. The molecular weight excluding hydrogens is 232 g/mol. The molecule has 0 saturated heterocycles. The molecule has 18 heavy (non-hydrogen) atoms. The molecule has 2 heterocycles. The van der Waals surface area contributed by atoms with Crippen molar-refractivity contribution in [2.45, 2.75) is 19.3 Å². The summed E-state index contributed by atoms with van der Waals surface area (Å²) >= 11 is 0. The molecule has 2 aromatic rings. The lowest BCUT2D eigenvalue weighted by molar-refractivity contribution is 0.0938. The van der Waals surface area contributed by atoms with Gasteiger partial charge >= 0.3 is 0 Å². The van der Waals surface area contributed by atoms with Gasteiger partial charge in [0.15, 0.2) is 5.69 Å². The number of nitrogens with one attached hydrogen (secondary N) is 1. The lowest BCUT2D eigenvalue weighted by Crippen LogP contribution is -2.36. The number of aromatic nitrogens is 3. The molecule has 96 valence electrons. The summed E-state index contributed by atoms with van der Waals surface area (Å²) in [5.74, 6) is 0.602. The van der Waals surface area contributed by atoms with Crippen molar-refractivity contribution >= 4 is 5.91 Å². The Hall–Kier alpha value is -2.11. The van der Waals surface area contributed by atoms with E-state index >= 15 is 0 Å². The maximum absolute atomic E-state index is 11.8. The third-order valence-electron chi connectivity index (χ3n) is 2.71. The maximum Gasteiger partial charge on any atom is 0.273 e. The van der Waals surface area contributed by atoms with E-state index in [1.807, 2.05) is 26.0 Å². The smallest absolute Gasteiger partial charge is 0.273 e. The Labute approximate surface area is 105 Å². The minimum absolute atomic E-state index is 0.234. The lowest BCUT2D eigenvalue weighted by atomic mass is 9.90. The zero-order valence-electron chi connectivity index (χ0n) is 10.7. The number of carbonyl (C=O) groups excluding carboxylic acids is 1. The van der Waals surface area contributed by atoms with Gasteiger partial charge in [-0.2, -0.15) is 0 Å². The first kappa shape index (κ1) is 12.3. The van der Waals surface area contributed by atoms with E-state index in [0.717, 1.165) is 5.76 Å². The fourth-order valence-electron chi connectivity index (χ4n) is 1.59. The van der Waals surface area contributed by atoms with Crippen molar-refractivity contribution in [2.75, 3.05) is 6.54 Å². The summed E-state index contributed by atoms with van der Waals surface area (Å²) < 4.78 is 6.85. The average molecular weight is 248 g/mol. The summed E-state index contributed by atoms with van der Waals surface area (Å²) in [6, 6.07) is 3.73. The van der Waals surface area contributed by atoms with Crippen molar-refractivity contribution in [1.82, 2.24) is 20.3 Å². The highest BCUT2D eigenvalue weighted by Gasteiger charge is 2.24. The van der Waals surface area contributed by atoms with Gasteiger partial charge in [-0.05, 0) is 12.1 Å². The first-order valence-electron chi connectivity index (χ1n) is 5.67. The Bertz CT molecular complexity index is 528. The maximum atomic E-state index is 11.8. The highest BCUT2D eigenvalue weighted by molar-refractivity contribution is 5.91. The largest absolute Gasteiger partial charge is 0.469 e. The number of furan rings is 1. The van der Waals surface area contributed by atoms with Crippen LogP contribution in [0.5, 0.6) is 0 Å². The topological polar surface area (TPSA) is 73.0 Å². The number of carbonyl (C=O) groups is 1. The van der Waals surface area contributed by atoms with Gasteiger partial charge in [0, 0.05) is 19.0 Å². The number of rotatable bonds is 4. The molecule has 0 atom stereocenters. The Morgan fingerprint density at radius 1 is 1.56 bits per heavy atom. The molecule has 2 rings (SSSR count). The van der Waals surface area contributed by atoms with Crippen LogP contribution in [-0.4, -0.2) is 27.4 Å². The minimum atomic E-state index is -0.263. The van der Waals surface area contributed by atoms with Gasteiger partial charge in [-0.1, -0.05) is 19.1 Å². The van der Waals surface area contributed by atoms with Gasteiger partial charge < -0.3 is 9.73 Å². The van der Waals surface area contributed by atoms with E-state index in [1.54, 1.807) is 19.5 Å². The Balaban J connectivity index is 1.98. The van der Waals surface area contributed by atoms with Gasteiger partial charge in [-0.3, -0.25) is 9.48 Å². The highest BCUT2D eigenvalue weighted by atomic mass is 16.3. The molecule has 0 fully saturated rings. The van der Waals surface area contributed by atoms with Crippen molar-refractivity contribution in [3.63, 3.8) is 0 Å². The van der Waals surface area contributed by atoms with Crippen LogP contribution < -0.4 is 5.32 Å². The van der Waals surface area contributed by atoms with Crippen molar-refractivity contribution < 1.29 is 9.21 Å². The highest BCUT2D eigenvalue weighted by Crippen LogP contribution is 2.22. The van der Waals surface area contributed by atoms with E-state index in [-0.39, 0.29) is 11.3 Å². The fraction of sp³-hybridized carbons (Fsp3) is 0.417. The molecule has 0 aliphatic rings. The van der Waals surface area contributed by atoms with Crippen LogP contribution in [0.2, 0.25) is 0 Å². The van der Waals surface area contributed by atoms with Gasteiger partial charge in [0.25, 0.3) is 5.91 Å². The average Bonchev–Trinajstić information content (AvgIpc) is 2.96. The molecule has 0 saturated carbocycles. The van der Waals surface area contributed by atoms with E-state index in [2.05, 4.69) is 15.6 Å². The second-order valence-electron chi connectivity index (χ2n) is 4.82. The second-order valence-corrected chi connectivity index (χ2v) is 4.82. The van der Waals surface area contributed by atoms with Crippen LogP contribution in [0, 0.1) is 0 Å². The summed E-state index contributed by atoms with van der Waals surface area (Å²) in [7, 11) is 1.72. The van der Waals surface area contributed by atoms with Crippen LogP contribution >= 0.6 is 0 Å². The molecule has 0 radical (unpaired) electrons.